The average molecular weight is 269 g/mol. The van der Waals surface area contributed by atoms with Crippen LogP contribution >= 0.6 is 0 Å². The van der Waals surface area contributed by atoms with Crippen molar-refractivity contribution in [2.45, 2.75) is 23.8 Å². The van der Waals surface area contributed by atoms with Gasteiger partial charge in [0.25, 0.3) is 0 Å². The molecule has 2 rings (SSSR count). The fourth-order valence-electron chi connectivity index (χ4n) is 2.22. The van der Waals surface area contributed by atoms with Crippen molar-refractivity contribution in [3.63, 3.8) is 0 Å². The molecule has 0 aliphatic carbocycles. The minimum Gasteiger partial charge on any atom is -0.480 e. The molecule has 1 fully saturated rings. The first kappa shape index (κ1) is 12.9. The first-order valence-corrected chi connectivity index (χ1v) is 7.58. The fraction of sp³-hybridized carbons (Fsp3) is 0.417. The summed E-state index contributed by atoms with van der Waals surface area (Å²) in [7, 11) is -3.21. The molecule has 0 saturated carbocycles. The largest absolute Gasteiger partial charge is 0.480 e. The standard InChI is InChI=1S/C12H15NO4S/c1-18(16,17)10-6-4-9(5-7-10)13-8-2-3-11(13)12(14)15/h4-7,11H,2-3,8H2,1H3,(H,14,15)/t11-/m0/s1. The Kier molecular flexibility index (Phi) is 3.30. The van der Waals surface area contributed by atoms with E-state index in [-0.39, 0.29) is 4.90 Å². The van der Waals surface area contributed by atoms with Crippen molar-refractivity contribution in [1.82, 2.24) is 0 Å². The zero-order chi connectivity index (χ0) is 13.3. The van der Waals surface area contributed by atoms with Gasteiger partial charge in [-0.3, -0.25) is 0 Å². The smallest absolute Gasteiger partial charge is 0.326 e. The summed E-state index contributed by atoms with van der Waals surface area (Å²) in [4.78, 5) is 13.1. The number of carbonyl (C=O) groups is 1. The van der Waals surface area contributed by atoms with Gasteiger partial charge in [-0.05, 0) is 37.1 Å². The summed E-state index contributed by atoms with van der Waals surface area (Å²) in [5, 5.41) is 9.09. The van der Waals surface area contributed by atoms with E-state index >= 15 is 0 Å². The Bertz CT molecular complexity index is 550. The van der Waals surface area contributed by atoms with Crippen LogP contribution in [0.5, 0.6) is 0 Å². The maximum Gasteiger partial charge on any atom is 0.326 e. The zero-order valence-corrected chi connectivity index (χ0v) is 10.9. The monoisotopic (exact) mass is 269 g/mol. The molecular formula is C12H15NO4S. The van der Waals surface area contributed by atoms with Gasteiger partial charge in [-0.1, -0.05) is 0 Å². The molecule has 0 amide bonds. The minimum absolute atomic E-state index is 0.248. The molecule has 1 aromatic carbocycles. The molecule has 18 heavy (non-hydrogen) atoms. The van der Waals surface area contributed by atoms with Gasteiger partial charge in [-0.2, -0.15) is 0 Å². The number of anilines is 1. The Hall–Kier alpha value is -1.56. The molecule has 98 valence electrons. The number of carboxylic acids is 1. The Morgan fingerprint density at radius 1 is 1.33 bits per heavy atom. The summed E-state index contributed by atoms with van der Waals surface area (Å²) >= 11 is 0. The van der Waals surface area contributed by atoms with Crippen molar-refractivity contribution in [3.05, 3.63) is 24.3 Å². The van der Waals surface area contributed by atoms with Crippen LogP contribution in [-0.4, -0.2) is 38.3 Å². The molecule has 1 aromatic rings. The second-order valence-electron chi connectivity index (χ2n) is 4.46. The molecular weight excluding hydrogens is 254 g/mol. The molecule has 0 aromatic heterocycles. The van der Waals surface area contributed by atoms with Crippen molar-refractivity contribution in [1.29, 1.82) is 0 Å². The van der Waals surface area contributed by atoms with Crippen LogP contribution in [0.2, 0.25) is 0 Å². The number of nitrogens with zero attached hydrogens (tertiary/aromatic N) is 1. The average Bonchev–Trinajstić information content (AvgIpc) is 2.77. The Balaban J connectivity index is 2.27. The molecule has 0 bridgehead atoms. The summed E-state index contributed by atoms with van der Waals surface area (Å²) in [6.07, 6.45) is 2.62. The van der Waals surface area contributed by atoms with Crippen LogP contribution in [0.4, 0.5) is 5.69 Å². The highest BCUT2D eigenvalue weighted by Crippen LogP contribution is 2.26. The first-order chi connectivity index (χ1) is 8.39. The van der Waals surface area contributed by atoms with Gasteiger partial charge < -0.3 is 10.0 Å². The molecule has 1 N–H and O–H groups in total. The van der Waals surface area contributed by atoms with Gasteiger partial charge in [0.15, 0.2) is 9.84 Å². The second-order valence-corrected chi connectivity index (χ2v) is 6.47. The van der Waals surface area contributed by atoms with Crippen molar-refractivity contribution < 1.29 is 18.3 Å². The summed E-state index contributed by atoms with van der Waals surface area (Å²) in [5.41, 5.74) is 0.757. The highest BCUT2D eigenvalue weighted by molar-refractivity contribution is 7.90. The van der Waals surface area contributed by atoms with E-state index in [0.717, 1.165) is 18.4 Å². The van der Waals surface area contributed by atoms with Gasteiger partial charge >= 0.3 is 5.97 Å². The maximum absolute atomic E-state index is 11.3. The minimum atomic E-state index is -3.21. The summed E-state index contributed by atoms with van der Waals surface area (Å²) in [5.74, 6) is -0.834. The Morgan fingerprint density at radius 3 is 2.44 bits per heavy atom. The molecule has 1 aliphatic rings. The topological polar surface area (TPSA) is 74.7 Å². The molecule has 0 spiro atoms. The van der Waals surface area contributed by atoms with Crippen LogP contribution in [-0.2, 0) is 14.6 Å². The summed E-state index contributed by atoms with van der Waals surface area (Å²) in [6.45, 7) is 0.690. The van der Waals surface area contributed by atoms with E-state index in [9.17, 15) is 13.2 Å². The summed E-state index contributed by atoms with van der Waals surface area (Å²) in [6, 6.07) is 5.85. The lowest BCUT2D eigenvalue weighted by atomic mass is 10.2. The molecule has 6 heteroatoms. The predicted molar refractivity (Wildman–Crippen MR) is 67.6 cm³/mol. The van der Waals surface area contributed by atoms with E-state index in [0.29, 0.717) is 13.0 Å². The summed E-state index contributed by atoms with van der Waals surface area (Å²) < 4.78 is 22.7. The third kappa shape index (κ3) is 2.48. The van der Waals surface area contributed by atoms with Crippen molar-refractivity contribution in [3.8, 4) is 0 Å². The van der Waals surface area contributed by atoms with Gasteiger partial charge in [0.2, 0.25) is 0 Å². The van der Waals surface area contributed by atoms with E-state index in [2.05, 4.69) is 0 Å². The van der Waals surface area contributed by atoms with Crippen LogP contribution in [0, 0.1) is 0 Å². The van der Waals surface area contributed by atoms with Gasteiger partial charge in [-0.15, -0.1) is 0 Å². The lowest BCUT2D eigenvalue weighted by Gasteiger charge is -2.23. The zero-order valence-electron chi connectivity index (χ0n) is 10.0. The number of rotatable bonds is 3. The van der Waals surface area contributed by atoms with Crippen molar-refractivity contribution in [2.24, 2.45) is 0 Å². The van der Waals surface area contributed by atoms with Gasteiger partial charge in [0, 0.05) is 18.5 Å². The van der Waals surface area contributed by atoms with E-state index in [1.54, 1.807) is 17.0 Å². The highest BCUT2D eigenvalue weighted by atomic mass is 32.2. The third-order valence-electron chi connectivity index (χ3n) is 3.13. The molecule has 0 radical (unpaired) electrons. The predicted octanol–water partition coefficient (Wildman–Crippen LogP) is 1.14. The van der Waals surface area contributed by atoms with Crippen LogP contribution in [0.25, 0.3) is 0 Å². The number of hydrogen-bond donors (Lipinski definition) is 1. The quantitative estimate of drug-likeness (QED) is 0.890. The van der Waals surface area contributed by atoms with E-state index in [4.69, 9.17) is 5.11 Å². The fourth-order valence-corrected chi connectivity index (χ4v) is 2.85. The lowest BCUT2D eigenvalue weighted by molar-refractivity contribution is -0.138. The lowest BCUT2D eigenvalue weighted by Crippen LogP contribution is -2.35. The molecule has 1 atom stereocenters. The van der Waals surface area contributed by atoms with Gasteiger partial charge in [0.1, 0.15) is 6.04 Å². The Morgan fingerprint density at radius 2 is 1.94 bits per heavy atom. The van der Waals surface area contributed by atoms with E-state index < -0.39 is 21.8 Å². The van der Waals surface area contributed by atoms with Gasteiger partial charge in [0.05, 0.1) is 4.90 Å². The molecule has 1 heterocycles. The number of aliphatic carboxylic acids is 1. The molecule has 5 nitrogen and oxygen atoms in total. The highest BCUT2D eigenvalue weighted by Gasteiger charge is 2.30. The number of hydrogen-bond acceptors (Lipinski definition) is 4. The number of benzene rings is 1. The maximum atomic E-state index is 11.3. The van der Waals surface area contributed by atoms with Crippen LogP contribution in [0.15, 0.2) is 29.2 Å². The molecule has 1 aliphatic heterocycles. The van der Waals surface area contributed by atoms with Gasteiger partial charge in [-0.25, -0.2) is 13.2 Å². The van der Waals surface area contributed by atoms with Crippen LogP contribution < -0.4 is 4.90 Å². The normalized spacial score (nSPS) is 20.1. The third-order valence-corrected chi connectivity index (χ3v) is 4.26. The van der Waals surface area contributed by atoms with Crippen molar-refractivity contribution in [2.75, 3.05) is 17.7 Å². The first-order valence-electron chi connectivity index (χ1n) is 5.69. The Labute approximate surface area is 106 Å². The molecule has 0 unspecified atom stereocenters. The SMILES string of the molecule is CS(=O)(=O)c1ccc(N2CCC[C@H]2C(=O)O)cc1. The molecule has 1 saturated heterocycles. The van der Waals surface area contributed by atoms with E-state index in [1.807, 2.05) is 0 Å². The number of sulfone groups is 1. The van der Waals surface area contributed by atoms with Crippen LogP contribution in [0.1, 0.15) is 12.8 Å². The van der Waals surface area contributed by atoms with Crippen LogP contribution in [0.3, 0.4) is 0 Å². The number of carboxylic acid groups (broad SMARTS) is 1. The van der Waals surface area contributed by atoms with E-state index in [1.165, 1.54) is 12.1 Å². The van der Waals surface area contributed by atoms with Crippen molar-refractivity contribution >= 4 is 21.5 Å². The second kappa shape index (κ2) is 4.61.